The number of esters is 2. The van der Waals surface area contributed by atoms with Gasteiger partial charge in [-0.05, 0) is 103 Å². The van der Waals surface area contributed by atoms with Crippen molar-refractivity contribution in [2.75, 3.05) is 18.4 Å². The van der Waals surface area contributed by atoms with Gasteiger partial charge >= 0.3 is 18.0 Å². The molecule has 8 rings (SSSR count). The minimum Gasteiger partial charge on any atom is -0.461 e. The number of ether oxygens (including phenoxy) is 3. The van der Waals surface area contributed by atoms with Crippen molar-refractivity contribution in [1.29, 1.82) is 0 Å². The molecule has 0 bridgehead atoms. The molecule has 4 aromatic carbocycles. The lowest BCUT2D eigenvalue weighted by Crippen LogP contribution is -2.36. The number of nitrogens with two attached hydrogens (primary N) is 1. The van der Waals surface area contributed by atoms with Crippen molar-refractivity contribution in [3.05, 3.63) is 155 Å². The molecular weight excluding hydrogens is 988 g/mol. The Morgan fingerprint density at radius 2 is 0.987 bits per heavy atom. The van der Waals surface area contributed by atoms with Crippen LogP contribution in [-0.2, 0) is 59.4 Å². The van der Waals surface area contributed by atoms with E-state index in [2.05, 4.69) is 15.3 Å². The van der Waals surface area contributed by atoms with Crippen LogP contribution in [0, 0.1) is 11.8 Å². The molecule has 0 aliphatic heterocycles. The van der Waals surface area contributed by atoms with Gasteiger partial charge in [-0.1, -0.05) is 131 Å². The van der Waals surface area contributed by atoms with Crippen LogP contribution in [0.1, 0.15) is 138 Å². The van der Waals surface area contributed by atoms with Crippen molar-refractivity contribution >= 4 is 74.3 Å². The van der Waals surface area contributed by atoms with Crippen molar-refractivity contribution in [2.24, 2.45) is 17.6 Å². The highest BCUT2D eigenvalue weighted by atomic mass is 35.5. The first-order valence-corrected chi connectivity index (χ1v) is 26.8. The standard InChI is InChI=1S/C32H38N2O5.C27H30N2O3.CH2Cl2.CH4/c1-32(2,3)39-31(37)34-20-28(29(35)18-23-11-14-27-19-33-16-15-26(27)17-23)24-12-9-22(10-13-24)21-38-30(36)25-7-5-4-6-8-25;28-16-25(26(30)15-20-8-11-24-17-29-13-12-23(24)14-20)21-9-6-19(7-10-21)18-32-27(31)22-4-2-1-3-5-22;2-1-3;/h9-17,19,25,28H,4-8,18,20-21H2,1-3H3,(H,34,37);6-14,17,22,25H,1-5,15-16,18,28H2;1H2;1H4. The number of halogens is 2. The van der Waals surface area contributed by atoms with Crippen LogP contribution in [0.15, 0.2) is 122 Å². The summed E-state index contributed by atoms with van der Waals surface area (Å²) in [6.45, 7) is 6.23. The summed E-state index contributed by atoms with van der Waals surface area (Å²) in [6.07, 6.45) is 17.6. The summed E-state index contributed by atoms with van der Waals surface area (Å²) >= 11 is 9.53. The monoisotopic (exact) mass is 1060 g/mol. The van der Waals surface area contributed by atoms with Crippen molar-refractivity contribution in [1.82, 2.24) is 15.3 Å². The van der Waals surface area contributed by atoms with Crippen LogP contribution < -0.4 is 11.1 Å². The van der Waals surface area contributed by atoms with Gasteiger partial charge < -0.3 is 25.3 Å². The number of carbonyl (C=O) groups excluding carboxylic acids is 5. The number of rotatable bonds is 17. The molecular formula is C61H74Cl2N4O8. The maximum absolute atomic E-state index is 13.5. The molecule has 2 heterocycles. The molecule has 6 aromatic rings. The molecule has 2 atom stereocenters. The predicted molar refractivity (Wildman–Crippen MR) is 299 cm³/mol. The van der Waals surface area contributed by atoms with E-state index < -0.39 is 17.6 Å². The highest BCUT2D eigenvalue weighted by Gasteiger charge is 2.26. The zero-order valence-corrected chi connectivity index (χ0v) is 44.4. The Bertz CT molecular complexity index is 2770. The normalized spacial score (nSPS) is 14.6. The van der Waals surface area contributed by atoms with Crippen molar-refractivity contribution in [2.45, 2.75) is 136 Å². The van der Waals surface area contributed by atoms with E-state index in [0.717, 1.165) is 106 Å². The summed E-state index contributed by atoms with van der Waals surface area (Å²) < 4.78 is 16.5. The van der Waals surface area contributed by atoms with E-state index in [4.69, 9.17) is 43.1 Å². The molecule has 0 radical (unpaired) electrons. The molecule has 2 fully saturated rings. The molecule has 0 spiro atoms. The molecule has 2 aliphatic rings. The number of nitrogens with one attached hydrogen (secondary N) is 1. The van der Waals surface area contributed by atoms with E-state index in [9.17, 15) is 24.0 Å². The van der Waals surface area contributed by atoms with E-state index >= 15 is 0 Å². The SMILES string of the molecule is C.CC(C)(C)OC(=O)NCC(C(=O)Cc1ccc2cnccc2c1)c1ccc(COC(=O)C2CCCCC2)cc1.ClCCl.NCC(C(=O)Cc1ccc2cnccc2c1)c1ccc(COC(=O)C2CCCCC2)cc1. The fourth-order valence-electron chi connectivity index (χ4n) is 9.42. The maximum atomic E-state index is 13.5. The Morgan fingerprint density at radius 1 is 0.587 bits per heavy atom. The van der Waals surface area contributed by atoms with Crippen LogP contribution in [0.3, 0.4) is 0 Å². The quantitative estimate of drug-likeness (QED) is 0.0505. The minimum absolute atomic E-state index is 0. The van der Waals surface area contributed by atoms with E-state index in [1.807, 2.05) is 103 Å². The highest BCUT2D eigenvalue weighted by molar-refractivity contribution is 6.40. The molecule has 14 heteroatoms. The Labute approximate surface area is 452 Å². The zero-order valence-electron chi connectivity index (χ0n) is 42.9. The van der Waals surface area contributed by atoms with Gasteiger partial charge in [0.15, 0.2) is 0 Å². The maximum Gasteiger partial charge on any atom is 0.407 e. The number of fused-ring (bicyclic) bond motifs is 2. The van der Waals surface area contributed by atoms with Gasteiger partial charge in [0, 0.05) is 61.5 Å². The number of amides is 1. The average Bonchev–Trinajstić information content (AvgIpc) is 3.41. The zero-order chi connectivity index (χ0) is 52.9. The minimum atomic E-state index is -0.639. The molecule has 2 unspecified atom stereocenters. The number of benzene rings is 4. The lowest BCUT2D eigenvalue weighted by molar-refractivity contribution is -0.151. The smallest absolute Gasteiger partial charge is 0.407 e. The third-order valence-electron chi connectivity index (χ3n) is 13.4. The summed E-state index contributed by atoms with van der Waals surface area (Å²) in [5.41, 5.74) is 10.7. The fraction of sp³-hybridized carbons (Fsp3) is 0.426. The summed E-state index contributed by atoms with van der Waals surface area (Å²) in [6, 6.07) is 30.9. The first kappa shape index (κ1) is 59.7. The molecule has 75 heavy (non-hydrogen) atoms. The first-order chi connectivity index (χ1) is 35.7. The topological polar surface area (TPSA) is 177 Å². The predicted octanol–water partition coefficient (Wildman–Crippen LogP) is 13.0. The fourth-order valence-corrected chi connectivity index (χ4v) is 9.42. The molecule has 400 valence electrons. The third-order valence-corrected chi connectivity index (χ3v) is 13.4. The van der Waals surface area contributed by atoms with Crippen LogP contribution >= 0.6 is 23.2 Å². The Morgan fingerprint density at radius 3 is 1.40 bits per heavy atom. The van der Waals surface area contributed by atoms with Gasteiger partial charge in [-0.25, -0.2) is 4.79 Å². The number of nitrogens with zero attached hydrogens (tertiary/aromatic N) is 2. The molecule has 12 nitrogen and oxygen atoms in total. The second kappa shape index (κ2) is 30.4. The van der Waals surface area contributed by atoms with Crippen molar-refractivity contribution in [3.63, 3.8) is 0 Å². The van der Waals surface area contributed by atoms with Gasteiger partial charge in [-0.2, -0.15) is 0 Å². The second-order valence-electron chi connectivity index (χ2n) is 20.1. The lowest BCUT2D eigenvalue weighted by atomic mass is 9.89. The van der Waals surface area contributed by atoms with E-state index in [-0.39, 0.29) is 86.7 Å². The number of alkyl carbamates (subject to hydrolysis) is 1. The van der Waals surface area contributed by atoms with Gasteiger partial charge in [0.1, 0.15) is 30.4 Å². The molecule has 2 aromatic heterocycles. The number of alkyl halides is 2. The number of aromatic nitrogens is 2. The van der Waals surface area contributed by atoms with E-state index in [1.54, 1.807) is 39.4 Å². The second-order valence-corrected chi connectivity index (χ2v) is 20.9. The van der Waals surface area contributed by atoms with Crippen molar-refractivity contribution < 1.29 is 38.2 Å². The lowest BCUT2D eigenvalue weighted by Gasteiger charge is -2.22. The van der Waals surface area contributed by atoms with E-state index in [0.29, 0.717) is 6.42 Å². The number of ketones is 2. The molecule has 2 aliphatic carbocycles. The van der Waals surface area contributed by atoms with Crippen LogP contribution in [0.5, 0.6) is 0 Å². The van der Waals surface area contributed by atoms with Gasteiger partial charge in [0.05, 0.1) is 29.0 Å². The summed E-state index contributed by atoms with van der Waals surface area (Å²) in [7, 11) is 0. The first-order valence-electron chi connectivity index (χ1n) is 25.7. The van der Waals surface area contributed by atoms with Crippen LogP contribution in [0.4, 0.5) is 4.79 Å². The van der Waals surface area contributed by atoms with Crippen LogP contribution in [0.2, 0.25) is 0 Å². The van der Waals surface area contributed by atoms with Gasteiger partial charge in [-0.3, -0.25) is 29.1 Å². The number of carbonyl (C=O) groups is 5. The highest BCUT2D eigenvalue weighted by Crippen LogP contribution is 2.28. The summed E-state index contributed by atoms with van der Waals surface area (Å²) in [5, 5.41) is 7.12. The largest absolute Gasteiger partial charge is 0.461 e. The number of hydrogen-bond donors (Lipinski definition) is 2. The molecule has 1 amide bonds. The van der Waals surface area contributed by atoms with Gasteiger partial charge in [-0.15, -0.1) is 23.2 Å². The average molecular weight is 1060 g/mol. The van der Waals surface area contributed by atoms with Crippen molar-refractivity contribution in [3.8, 4) is 0 Å². The van der Waals surface area contributed by atoms with Crippen LogP contribution in [0.25, 0.3) is 21.5 Å². The van der Waals surface area contributed by atoms with Gasteiger partial charge in [0.25, 0.3) is 0 Å². The number of hydrogen-bond acceptors (Lipinski definition) is 11. The van der Waals surface area contributed by atoms with Crippen LogP contribution in [-0.4, -0.2) is 63.6 Å². The third kappa shape index (κ3) is 19.1. The van der Waals surface area contributed by atoms with E-state index in [1.165, 1.54) is 12.8 Å². The Balaban J connectivity index is 0.000000264. The molecule has 2 saturated carbocycles. The molecule has 3 N–H and O–H groups in total. The number of pyridine rings is 2. The van der Waals surface area contributed by atoms with Gasteiger partial charge in [0.2, 0.25) is 0 Å². The summed E-state index contributed by atoms with van der Waals surface area (Å²) in [5.74, 6) is -1.01. The number of Topliss-reactive ketones (excluding diaryl/α,β-unsaturated/α-hetero) is 2. The summed E-state index contributed by atoms with van der Waals surface area (Å²) in [4.78, 5) is 71.8. The Kier molecular flexibility index (Phi) is 24.2. The Hall–Kier alpha value is -6.21. The molecule has 0 saturated heterocycles.